The first-order chi connectivity index (χ1) is 16.9. The molecular weight excluding hydrogens is 464 g/mol. The molecule has 2 N–H and O–H groups in total. The molecule has 5 rings (SSSR count). The second-order valence-electron chi connectivity index (χ2n) is 8.56. The molecule has 3 heterocycles. The fourth-order valence-electron chi connectivity index (χ4n) is 4.37. The number of carbonyl (C=O) groups excluding carboxylic acids is 2. The number of nitrogens with one attached hydrogen (secondary N) is 1. The van der Waals surface area contributed by atoms with E-state index in [2.05, 4.69) is 15.3 Å². The normalized spacial score (nSPS) is 14.3. The number of amides is 1. The van der Waals surface area contributed by atoms with Gasteiger partial charge < -0.3 is 20.1 Å². The van der Waals surface area contributed by atoms with Gasteiger partial charge >= 0.3 is 5.97 Å². The molecule has 0 radical (unpaired) electrons. The predicted molar refractivity (Wildman–Crippen MR) is 137 cm³/mol. The monoisotopic (exact) mass is 490 g/mol. The molecule has 8 nitrogen and oxygen atoms in total. The van der Waals surface area contributed by atoms with Gasteiger partial charge in [0.2, 0.25) is 0 Å². The summed E-state index contributed by atoms with van der Waals surface area (Å²) in [5, 5.41) is 18.3. The molecule has 1 aliphatic heterocycles. The maximum atomic E-state index is 13.1. The summed E-state index contributed by atoms with van der Waals surface area (Å²) in [4.78, 5) is 29.2. The van der Waals surface area contributed by atoms with Crippen molar-refractivity contribution in [2.75, 3.05) is 30.4 Å². The smallest absolute Gasteiger partial charge is 0.340 e. The Morgan fingerprint density at radius 2 is 1.86 bits per heavy atom. The summed E-state index contributed by atoms with van der Waals surface area (Å²) in [7, 11) is 1.34. The zero-order chi connectivity index (χ0) is 24.5. The van der Waals surface area contributed by atoms with E-state index in [0.717, 1.165) is 27.3 Å². The minimum absolute atomic E-state index is 0.255. The number of methoxy groups -OCH3 is 1. The number of aliphatic hydroxyl groups is 1. The molecule has 0 spiro atoms. The lowest BCUT2D eigenvalue weighted by Crippen LogP contribution is -2.36. The quantitative estimate of drug-likeness (QED) is 0.403. The lowest BCUT2D eigenvalue weighted by molar-refractivity contribution is 0.0601. The summed E-state index contributed by atoms with van der Waals surface area (Å²) < 4.78 is 6.85. The third-order valence-corrected chi connectivity index (χ3v) is 7.34. The summed E-state index contributed by atoms with van der Waals surface area (Å²) in [5.41, 5.74) is 3.41. The molecule has 1 saturated heterocycles. The van der Waals surface area contributed by atoms with Gasteiger partial charge in [-0.15, -0.1) is 11.3 Å². The Bertz CT molecular complexity index is 1390. The highest BCUT2D eigenvalue weighted by atomic mass is 32.1. The number of fused-ring (bicyclic) bond motifs is 1. The average molecular weight is 491 g/mol. The average Bonchev–Trinajstić information content (AvgIpc) is 3.45. The Morgan fingerprint density at radius 3 is 2.57 bits per heavy atom. The van der Waals surface area contributed by atoms with Crippen molar-refractivity contribution in [3.63, 3.8) is 0 Å². The number of hydrogen-bond donors (Lipinski definition) is 2. The number of aliphatic hydroxyl groups excluding tert-OH is 1. The van der Waals surface area contributed by atoms with Gasteiger partial charge in [-0.2, -0.15) is 5.10 Å². The van der Waals surface area contributed by atoms with Gasteiger partial charge in [0.25, 0.3) is 5.91 Å². The maximum Gasteiger partial charge on any atom is 0.340 e. The fraction of sp³-hybridized carbons (Fsp3) is 0.269. The van der Waals surface area contributed by atoms with Crippen molar-refractivity contribution < 1.29 is 19.4 Å². The summed E-state index contributed by atoms with van der Waals surface area (Å²) in [6.07, 6.45) is 0.973. The number of aryl methyl sites for hydroxylation is 1. The van der Waals surface area contributed by atoms with Crippen LogP contribution < -0.4 is 10.2 Å². The van der Waals surface area contributed by atoms with Gasteiger partial charge in [-0.25, -0.2) is 9.48 Å². The van der Waals surface area contributed by atoms with E-state index >= 15 is 0 Å². The van der Waals surface area contributed by atoms with E-state index in [4.69, 9.17) is 4.74 Å². The minimum atomic E-state index is -0.470. The lowest BCUT2D eigenvalue weighted by atomic mass is 10.0. The Labute approximate surface area is 206 Å². The van der Waals surface area contributed by atoms with Crippen LogP contribution >= 0.6 is 11.3 Å². The number of para-hydroxylation sites is 1. The molecule has 1 aliphatic rings. The Hall–Kier alpha value is -3.69. The van der Waals surface area contributed by atoms with E-state index in [9.17, 15) is 14.7 Å². The van der Waals surface area contributed by atoms with Gasteiger partial charge in [-0.05, 0) is 56.2 Å². The number of thiophene rings is 1. The molecular formula is C26H26N4O4S. The molecule has 0 unspecified atom stereocenters. The Balaban J connectivity index is 1.42. The van der Waals surface area contributed by atoms with Crippen LogP contribution in [0, 0.1) is 6.92 Å². The number of benzene rings is 2. The van der Waals surface area contributed by atoms with Crippen LogP contribution in [0.15, 0.2) is 54.6 Å². The van der Waals surface area contributed by atoms with E-state index in [-0.39, 0.29) is 12.0 Å². The summed E-state index contributed by atoms with van der Waals surface area (Å²) in [6.45, 7) is 3.23. The second kappa shape index (κ2) is 9.52. The van der Waals surface area contributed by atoms with E-state index in [1.165, 1.54) is 18.4 Å². The molecule has 35 heavy (non-hydrogen) atoms. The molecule has 9 heteroatoms. The van der Waals surface area contributed by atoms with Crippen LogP contribution in [0.1, 0.15) is 38.6 Å². The highest BCUT2D eigenvalue weighted by Gasteiger charge is 2.23. The minimum Gasteiger partial charge on any atom is -0.465 e. The van der Waals surface area contributed by atoms with Crippen LogP contribution in [0.5, 0.6) is 0 Å². The predicted octanol–water partition coefficient (Wildman–Crippen LogP) is 4.40. The van der Waals surface area contributed by atoms with E-state index < -0.39 is 5.97 Å². The molecule has 1 fully saturated rings. The zero-order valence-electron chi connectivity index (χ0n) is 19.5. The van der Waals surface area contributed by atoms with Crippen molar-refractivity contribution in [1.82, 2.24) is 9.78 Å². The number of nitrogens with zero attached hydrogens (tertiary/aromatic N) is 3. The number of aromatic nitrogens is 2. The van der Waals surface area contributed by atoms with Crippen molar-refractivity contribution in [3.8, 4) is 5.69 Å². The lowest BCUT2D eigenvalue weighted by Gasteiger charge is -2.32. The summed E-state index contributed by atoms with van der Waals surface area (Å²) in [5.74, 6) is -0.725. The van der Waals surface area contributed by atoms with Crippen molar-refractivity contribution in [2.24, 2.45) is 0 Å². The Morgan fingerprint density at radius 1 is 1.11 bits per heavy atom. The molecule has 0 bridgehead atoms. The molecule has 0 saturated carbocycles. The zero-order valence-corrected chi connectivity index (χ0v) is 20.3. The first-order valence-electron chi connectivity index (χ1n) is 11.5. The van der Waals surface area contributed by atoms with Gasteiger partial charge in [0.05, 0.1) is 40.7 Å². The number of hydrogen-bond acceptors (Lipinski definition) is 7. The van der Waals surface area contributed by atoms with Crippen LogP contribution in [0.2, 0.25) is 0 Å². The van der Waals surface area contributed by atoms with Crippen LogP contribution in [0.4, 0.5) is 11.4 Å². The molecule has 4 aromatic rings. The van der Waals surface area contributed by atoms with Gasteiger partial charge in [-0.1, -0.05) is 18.2 Å². The third kappa shape index (κ3) is 4.52. The first kappa shape index (κ1) is 23.1. The molecule has 180 valence electrons. The van der Waals surface area contributed by atoms with Crippen molar-refractivity contribution in [1.29, 1.82) is 0 Å². The number of esters is 1. The fourth-order valence-corrected chi connectivity index (χ4v) is 5.44. The van der Waals surface area contributed by atoms with Gasteiger partial charge in [-0.3, -0.25) is 4.79 Å². The highest BCUT2D eigenvalue weighted by Crippen LogP contribution is 2.32. The number of carbonyl (C=O) groups is 2. The summed E-state index contributed by atoms with van der Waals surface area (Å²) >= 11 is 1.37. The first-order valence-corrected chi connectivity index (χ1v) is 12.3. The highest BCUT2D eigenvalue weighted by molar-refractivity contribution is 7.20. The van der Waals surface area contributed by atoms with Crippen molar-refractivity contribution >= 4 is 44.8 Å². The van der Waals surface area contributed by atoms with Gasteiger partial charge in [0, 0.05) is 24.2 Å². The number of piperidine rings is 1. The third-order valence-electron chi connectivity index (χ3n) is 6.23. The molecule has 1 amide bonds. The largest absolute Gasteiger partial charge is 0.465 e. The standard InChI is InChI=1S/C26H26N4O4S/c1-16-20-15-23(35-25(20)30(28-16)18-6-4-3-5-7-18)24(32)27-17-8-9-22(21(14-17)26(33)34-2)29-12-10-19(31)11-13-29/h3-9,14-15,19,31H,10-13H2,1-2H3,(H,27,32). The van der Waals surface area contributed by atoms with E-state index in [0.29, 0.717) is 42.1 Å². The van der Waals surface area contributed by atoms with Crippen molar-refractivity contribution in [3.05, 3.63) is 70.7 Å². The van der Waals surface area contributed by atoms with E-state index in [1.54, 1.807) is 12.1 Å². The number of rotatable bonds is 5. The van der Waals surface area contributed by atoms with Crippen LogP contribution in [0.3, 0.4) is 0 Å². The molecule has 2 aromatic carbocycles. The SMILES string of the molecule is COC(=O)c1cc(NC(=O)c2cc3c(C)nn(-c4ccccc4)c3s2)ccc1N1CCC(O)CC1. The van der Waals surface area contributed by atoms with E-state index in [1.807, 2.05) is 54.1 Å². The van der Waals surface area contributed by atoms with Crippen molar-refractivity contribution in [2.45, 2.75) is 25.9 Å². The topological polar surface area (TPSA) is 96.7 Å². The van der Waals surface area contributed by atoms with Crippen LogP contribution in [0.25, 0.3) is 15.9 Å². The summed E-state index contributed by atoms with van der Waals surface area (Å²) in [6, 6.07) is 16.9. The van der Waals surface area contributed by atoms with Crippen LogP contribution in [-0.4, -0.2) is 53.1 Å². The Kier molecular flexibility index (Phi) is 6.27. The molecule has 2 aromatic heterocycles. The molecule has 0 aliphatic carbocycles. The van der Waals surface area contributed by atoms with Gasteiger partial charge in [0.1, 0.15) is 4.83 Å². The van der Waals surface area contributed by atoms with Crippen LogP contribution in [-0.2, 0) is 4.74 Å². The van der Waals surface area contributed by atoms with Gasteiger partial charge in [0.15, 0.2) is 0 Å². The number of ether oxygens (including phenoxy) is 1. The number of anilines is 2. The second-order valence-corrected chi connectivity index (χ2v) is 9.59. The maximum absolute atomic E-state index is 13.1. The molecule has 0 atom stereocenters.